The van der Waals surface area contributed by atoms with Gasteiger partial charge in [0.25, 0.3) is 0 Å². The number of nitrogens with zero attached hydrogens (tertiary/aromatic N) is 6. The summed E-state index contributed by atoms with van der Waals surface area (Å²) in [6.07, 6.45) is 9.98. The van der Waals surface area contributed by atoms with E-state index in [2.05, 4.69) is 34.3 Å². The summed E-state index contributed by atoms with van der Waals surface area (Å²) < 4.78 is 1.98. The molecule has 0 radical (unpaired) electrons. The summed E-state index contributed by atoms with van der Waals surface area (Å²) in [7, 11) is 0. The molecule has 4 rings (SSSR count). The first kappa shape index (κ1) is 15.2. The first-order chi connectivity index (χ1) is 11.2. The first-order valence-corrected chi connectivity index (χ1v) is 9.36. The highest BCUT2D eigenvalue weighted by Gasteiger charge is 2.43. The molecule has 0 bridgehead atoms. The van der Waals surface area contributed by atoms with Gasteiger partial charge in [0.2, 0.25) is 0 Å². The van der Waals surface area contributed by atoms with E-state index in [1.54, 1.807) is 0 Å². The zero-order valence-corrected chi connectivity index (χ0v) is 14.4. The number of hydrogen-bond acceptors (Lipinski definition) is 5. The van der Waals surface area contributed by atoms with Crippen LogP contribution in [0.25, 0.3) is 0 Å². The minimum atomic E-state index is 0.375. The van der Waals surface area contributed by atoms with E-state index in [0.29, 0.717) is 24.0 Å². The van der Waals surface area contributed by atoms with Crippen LogP contribution in [0.15, 0.2) is 4.99 Å². The van der Waals surface area contributed by atoms with Gasteiger partial charge in [-0.1, -0.05) is 33.1 Å². The number of rotatable bonds is 3. The molecule has 126 valence electrons. The molecule has 2 unspecified atom stereocenters. The molecular weight excluding hydrogens is 288 g/mol. The fraction of sp³-hybridized carbons (Fsp3) is 0.882. The van der Waals surface area contributed by atoms with E-state index in [4.69, 9.17) is 4.99 Å². The number of tetrazole rings is 1. The molecule has 0 aromatic carbocycles. The molecule has 6 heteroatoms. The SMILES string of the molecule is CC(C)CC1C(=NC2CCCCC2)n2nnnc2C2CCCN12. The highest BCUT2D eigenvalue weighted by molar-refractivity contribution is 5.90. The normalized spacial score (nSPS) is 30.8. The van der Waals surface area contributed by atoms with E-state index in [1.807, 2.05) is 4.68 Å². The van der Waals surface area contributed by atoms with Crippen molar-refractivity contribution in [3.63, 3.8) is 0 Å². The molecule has 1 aromatic rings. The molecule has 6 nitrogen and oxygen atoms in total. The number of aliphatic imine (C=N–C) groups is 1. The highest BCUT2D eigenvalue weighted by Crippen LogP contribution is 2.38. The Labute approximate surface area is 138 Å². The molecule has 23 heavy (non-hydrogen) atoms. The molecule has 2 fully saturated rings. The third kappa shape index (κ3) is 2.82. The van der Waals surface area contributed by atoms with Gasteiger partial charge < -0.3 is 0 Å². The van der Waals surface area contributed by atoms with Crippen LogP contribution in [0, 0.1) is 5.92 Å². The molecule has 2 aliphatic heterocycles. The molecule has 1 saturated carbocycles. The molecule has 1 saturated heterocycles. The van der Waals surface area contributed by atoms with Gasteiger partial charge in [-0.15, -0.1) is 5.10 Å². The Kier molecular flexibility index (Phi) is 4.18. The van der Waals surface area contributed by atoms with Crippen molar-refractivity contribution in [1.29, 1.82) is 0 Å². The maximum Gasteiger partial charge on any atom is 0.175 e. The Morgan fingerprint density at radius 2 is 1.96 bits per heavy atom. The Morgan fingerprint density at radius 1 is 1.13 bits per heavy atom. The topological polar surface area (TPSA) is 59.2 Å². The number of hydrogen-bond donors (Lipinski definition) is 0. The van der Waals surface area contributed by atoms with Gasteiger partial charge in [0.05, 0.1) is 18.1 Å². The van der Waals surface area contributed by atoms with Crippen LogP contribution in [-0.4, -0.2) is 49.6 Å². The molecule has 2 atom stereocenters. The lowest BCUT2D eigenvalue weighted by atomic mass is 9.94. The molecule has 0 spiro atoms. The summed E-state index contributed by atoms with van der Waals surface area (Å²) in [5.74, 6) is 2.77. The minimum absolute atomic E-state index is 0.375. The minimum Gasteiger partial charge on any atom is -0.283 e. The smallest absolute Gasteiger partial charge is 0.175 e. The van der Waals surface area contributed by atoms with Gasteiger partial charge in [0, 0.05) is 0 Å². The summed E-state index contributed by atoms with van der Waals surface area (Å²) in [6.45, 7) is 5.76. The molecule has 1 aromatic heterocycles. The van der Waals surface area contributed by atoms with Gasteiger partial charge in [0.15, 0.2) is 5.82 Å². The predicted octanol–water partition coefficient (Wildman–Crippen LogP) is 2.82. The average molecular weight is 316 g/mol. The first-order valence-electron chi connectivity index (χ1n) is 9.36. The second kappa shape index (κ2) is 6.30. The molecule has 1 aliphatic carbocycles. The van der Waals surface area contributed by atoms with E-state index < -0.39 is 0 Å². The van der Waals surface area contributed by atoms with Gasteiger partial charge in [-0.2, -0.15) is 4.68 Å². The quantitative estimate of drug-likeness (QED) is 0.860. The van der Waals surface area contributed by atoms with Crippen LogP contribution in [0.4, 0.5) is 0 Å². The molecule has 3 heterocycles. The second-order valence-corrected chi connectivity index (χ2v) is 7.77. The monoisotopic (exact) mass is 316 g/mol. The Bertz CT molecular complexity index is 571. The number of fused-ring (bicyclic) bond motifs is 3. The van der Waals surface area contributed by atoms with Crippen LogP contribution in [0.2, 0.25) is 0 Å². The highest BCUT2D eigenvalue weighted by atomic mass is 15.6. The van der Waals surface area contributed by atoms with Crippen molar-refractivity contribution in [1.82, 2.24) is 25.1 Å². The van der Waals surface area contributed by atoms with E-state index >= 15 is 0 Å². The summed E-state index contributed by atoms with van der Waals surface area (Å²) in [6, 6.07) is 1.23. The third-order valence-corrected chi connectivity index (χ3v) is 5.59. The average Bonchev–Trinajstić information content (AvgIpc) is 3.19. The van der Waals surface area contributed by atoms with E-state index in [-0.39, 0.29) is 0 Å². The van der Waals surface area contributed by atoms with E-state index in [1.165, 1.54) is 44.9 Å². The predicted molar refractivity (Wildman–Crippen MR) is 89.4 cm³/mol. The van der Waals surface area contributed by atoms with Crippen molar-refractivity contribution in [3.05, 3.63) is 5.82 Å². The standard InChI is InChI=1S/C17H28N6/c1-12(2)11-15-16(18-13-7-4-3-5-8-13)23-17(19-20-21-23)14-9-6-10-22(14)15/h12-15H,3-11H2,1-2H3. The maximum atomic E-state index is 5.20. The Hall–Kier alpha value is -1.30. The lowest BCUT2D eigenvalue weighted by molar-refractivity contribution is 0.177. The zero-order valence-electron chi connectivity index (χ0n) is 14.4. The summed E-state index contributed by atoms with van der Waals surface area (Å²) >= 11 is 0. The van der Waals surface area contributed by atoms with Crippen molar-refractivity contribution in [2.75, 3.05) is 6.54 Å². The van der Waals surface area contributed by atoms with Crippen molar-refractivity contribution in [2.45, 2.75) is 83.3 Å². The Morgan fingerprint density at radius 3 is 2.74 bits per heavy atom. The van der Waals surface area contributed by atoms with Gasteiger partial charge in [0.1, 0.15) is 5.84 Å². The Balaban J connectivity index is 1.73. The van der Waals surface area contributed by atoms with Gasteiger partial charge in [-0.25, -0.2) is 0 Å². The third-order valence-electron chi connectivity index (χ3n) is 5.59. The van der Waals surface area contributed by atoms with Crippen LogP contribution >= 0.6 is 0 Å². The van der Waals surface area contributed by atoms with Gasteiger partial charge in [-0.05, 0) is 55.0 Å². The van der Waals surface area contributed by atoms with Crippen molar-refractivity contribution >= 4 is 5.84 Å². The van der Waals surface area contributed by atoms with Crippen molar-refractivity contribution < 1.29 is 0 Å². The second-order valence-electron chi connectivity index (χ2n) is 7.77. The van der Waals surface area contributed by atoms with Crippen LogP contribution in [-0.2, 0) is 0 Å². The van der Waals surface area contributed by atoms with Crippen LogP contribution < -0.4 is 0 Å². The molecule has 3 aliphatic rings. The maximum absolute atomic E-state index is 5.20. The van der Waals surface area contributed by atoms with Gasteiger partial charge in [-0.3, -0.25) is 9.89 Å². The summed E-state index contributed by atoms with van der Waals surface area (Å²) in [5, 5.41) is 12.6. The fourth-order valence-electron chi connectivity index (χ4n) is 4.52. The van der Waals surface area contributed by atoms with E-state index in [9.17, 15) is 0 Å². The number of aromatic nitrogens is 4. The largest absolute Gasteiger partial charge is 0.283 e. The van der Waals surface area contributed by atoms with Crippen molar-refractivity contribution in [2.24, 2.45) is 10.9 Å². The van der Waals surface area contributed by atoms with Crippen LogP contribution in [0.5, 0.6) is 0 Å². The molecule has 0 amide bonds. The molecular formula is C17H28N6. The van der Waals surface area contributed by atoms with E-state index in [0.717, 1.165) is 24.6 Å². The zero-order chi connectivity index (χ0) is 15.8. The summed E-state index contributed by atoms with van der Waals surface area (Å²) in [5.41, 5.74) is 0. The lowest BCUT2D eigenvalue weighted by Crippen LogP contribution is -2.50. The van der Waals surface area contributed by atoms with Crippen LogP contribution in [0.1, 0.15) is 77.1 Å². The van der Waals surface area contributed by atoms with Crippen LogP contribution in [0.3, 0.4) is 0 Å². The van der Waals surface area contributed by atoms with Gasteiger partial charge >= 0.3 is 0 Å². The fourth-order valence-corrected chi connectivity index (χ4v) is 4.52. The lowest BCUT2D eigenvalue weighted by Gasteiger charge is -2.38. The molecule has 0 N–H and O–H groups in total. The summed E-state index contributed by atoms with van der Waals surface area (Å²) in [4.78, 5) is 7.82. The van der Waals surface area contributed by atoms with Crippen molar-refractivity contribution in [3.8, 4) is 0 Å².